The first-order chi connectivity index (χ1) is 18.5. The molecule has 0 aliphatic rings. The molecule has 1 amide bonds. The summed E-state index contributed by atoms with van der Waals surface area (Å²) in [5.41, 5.74) is 0. The van der Waals surface area contributed by atoms with Crippen LogP contribution in [-0.2, 0) is 4.79 Å². The molecular weight excluding hydrogens is 474 g/mol. The van der Waals surface area contributed by atoms with E-state index in [2.05, 4.69) is 55.6 Å². The van der Waals surface area contributed by atoms with E-state index >= 15 is 0 Å². The molecule has 0 aromatic heterocycles. The fourth-order valence-corrected chi connectivity index (χ4v) is 3.88. The van der Waals surface area contributed by atoms with Crippen LogP contribution in [0.4, 0.5) is 0 Å². The van der Waals surface area contributed by atoms with Crippen molar-refractivity contribution >= 4 is 5.91 Å². The van der Waals surface area contributed by atoms with Crippen LogP contribution in [0.5, 0.6) is 0 Å². The van der Waals surface area contributed by atoms with Gasteiger partial charge in [0.2, 0.25) is 5.91 Å². The van der Waals surface area contributed by atoms with E-state index in [1.165, 1.54) is 51.4 Å². The van der Waals surface area contributed by atoms with Gasteiger partial charge >= 0.3 is 0 Å². The quantitative estimate of drug-likeness (QED) is 0.0738. The number of carbonyl (C=O) groups excluding carboxylic acids is 1. The van der Waals surface area contributed by atoms with Crippen LogP contribution in [0.25, 0.3) is 0 Å². The van der Waals surface area contributed by atoms with Gasteiger partial charge in [-0.1, -0.05) is 120 Å². The molecule has 0 aromatic carbocycles. The molecule has 38 heavy (non-hydrogen) atoms. The number of aliphatic hydroxyl groups excluding tert-OH is 3. The number of hydrogen-bond acceptors (Lipinski definition) is 4. The second-order valence-corrected chi connectivity index (χ2v) is 9.98. The topological polar surface area (TPSA) is 89.8 Å². The number of nitrogens with one attached hydrogen (secondary N) is 1. The van der Waals surface area contributed by atoms with Crippen LogP contribution in [0.3, 0.4) is 0 Å². The van der Waals surface area contributed by atoms with Gasteiger partial charge in [-0.25, -0.2) is 0 Å². The third kappa shape index (κ3) is 24.4. The Bertz CT molecular complexity index is 680. The molecule has 0 saturated heterocycles. The van der Waals surface area contributed by atoms with Gasteiger partial charge in [-0.2, -0.15) is 0 Å². The van der Waals surface area contributed by atoms with Crippen molar-refractivity contribution in [1.29, 1.82) is 0 Å². The van der Waals surface area contributed by atoms with Crippen molar-refractivity contribution in [2.24, 2.45) is 0 Å². The maximum atomic E-state index is 12.2. The standard InChI is InChI=1S/C33H57NO4/c1-3-5-7-9-11-13-15-17-19-21-23-25-27-32(37)31(29-35)34-33(38)28-30(36)26-24-22-20-18-16-14-12-10-8-6-4-2/h9,11,17-20,24-27,30-32,35-37H,3-8,10,12-16,21-23,28-29H2,1-2H3,(H,34,38)/b11-9+,19-17+,20-18-,26-24-,27-25+. The highest BCUT2D eigenvalue weighted by Crippen LogP contribution is 2.08. The zero-order valence-electron chi connectivity index (χ0n) is 24.3. The minimum Gasteiger partial charge on any atom is -0.394 e. The Morgan fingerprint density at radius 2 is 1.21 bits per heavy atom. The number of aliphatic hydroxyl groups is 3. The predicted octanol–water partition coefficient (Wildman–Crippen LogP) is 7.25. The van der Waals surface area contributed by atoms with Crippen LogP contribution in [0, 0.1) is 0 Å². The summed E-state index contributed by atoms with van der Waals surface area (Å²) < 4.78 is 0. The van der Waals surface area contributed by atoms with Gasteiger partial charge in [0.25, 0.3) is 0 Å². The van der Waals surface area contributed by atoms with Gasteiger partial charge in [0.05, 0.1) is 31.3 Å². The highest BCUT2D eigenvalue weighted by Gasteiger charge is 2.19. The molecule has 0 fully saturated rings. The number of allylic oxidation sites excluding steroid dienone is 8. The number of rotatable bonds is 25. The maximum Gasteiger partial charge on any atom is 0.223 e. The largest absolute Gasteiger partial charge is 0.394 e. The third-order valence-corrected chi connectivity index (χ3v) is 6.26. The zero-order chi connectivity index (χ0) is 28.1. The van der Waals surface area contributed by atoms with E-state index in [0.717, 1.165) is 44.9 Å². The average Bonchev–Trinajstić information content (AvgIpc) is 2.90. The molecule has 5 nitrogen and oxygen atoms in total. The Hall–Kier alpha value is -1.95. The fraction of sp³-hybridized carbons (Fsp3) is 0.667. The minimum atomic E-state index is -0.981. The van der Waals surface area contributed by atoms with E-state index in [-0.39, 0.29) is 13.0 Å². The summed E-state index contributed by atoms with van der Waals surface area (Å²) in [6.45, 7) is 4.05. The third-order valence-electron chi connectivity index (χ3n) is 6.26. The van der Waals surface area contributed by atoms with Gasteiger partial charge in [-0.3, -0.25) is 4.79 Å². The van der Waals surface area contributed by atoms with Crippen molar-refractivity contribution in [3.8, 4) is 0 Å². The molecule has 0 bridgehead atoms. The molecule has 0 heterocycles. The van der Waals surface area contributed by atoms with Crippen molar-refractivity contribution in [3.63, 3.8) is 0 Å². The lowest BCUT2D eigenvalue weighted by atomic mass is 10.1. The Morgan fingerprint density at radius 3 is 1.87 bits per heavy atom. The Kier molecular flexibility index (Phi) is 26.6. The Balaban J connectivity index is 4.05. The van der Waals surface area contributed by atoms with Crippen LogP contribution in [0.2, 0.25) is 0 Å². The molecule has 0 spiro atoms. The molecule has 3 atom stereocenters. The number of unbranched alkanes of at least 4 members (excludes halogenated alkanes) is 10. The van der Waals surface area contributed by atoms with E-state index < -0.39 is 24.2 Å². The number of carbonyl (C=O) groups is 1. The van der Waals surface area contributed by atoms with Crippen molar-refractivity contribution < 1.29 is 20.1 Å². The highest BCUT2D eigenvalue weighted by molar-refractivity contribution is 5.77. The normalized spacial score (nSPS) is 15.0. The number of amides is 1. The average molecular weight is 532 g/mol. The van der Waals surface area contributed by atoms with Crippen LogP contribution >= 0.6 is 0 Å². The van der Waals surface area contributed by atoms with Crippen molar-refractivity contribution in [2.45, 2.75) is 135 Å². The summed E-state index contributed by atoms with van der Waals surface area (Å²) in [4.78, 5) is 12.2. The lowest BCUT2D eigenvalue weighted by molar-refractivity contribution is -0.124. The second-order valence-electron chi connectivity index (χ2n) is 9.98. The monoisotopic (exact) mass is 531 g/mol. The minimum absolute atomic E-state index is 0.108. The first-order valence-electron chi connectivity index (χ1n) is 15.1. The summed E-state index contributed by atoms with van der Waals surface area (Å²) in [6, 6.07) is -0.796. The molecule has 5 heteroatoms. The maximum absolute atomic E-state index is 12.2. The van der Waals surface area contributed by atoms with Crippen LogP contribution < -0.4 is 5.32 Å². The summed E-state index contributed by atoms with van der Waals surface area (Å²) >= 11 is 0. The van der Waals surface area contributed by atoms with Gasteiger partial charge in [0.1, 0.15) is 0 Å². The van der Waals surface area contributed by atoms with E-state index in [1.54, 1.807) is 12.2 Å². The molecular formula is C33H57NO4. The highest BCUT2D eigenvalue weighted by atomic mass is 16.3. The molecule has 0 aliphatic heterocycles. The Morgan fingerprint density at radius 1 is 0.658 bits per heavy atom. The molecule has 0 aliphatic carbocycles. The summed E-state index contributed by atoms with van der Waals surface area (Å²) in [5, 5.41) is 32.6. The zero-order valence-corrected chi connectivity index (χ0v) is 24.3. The summed E-state index contributed by atoms with van der Waals surface area (Å²) in [7, 11) is 0. The Labute approximate surface area is 233 Å². The number of hydrogen-bond donors (Lipinski definition) is 4. The first-order valence-corrected chi connectivity index (χ1v) is 15.1. The molecule has 0 rings (SSSR count). The van der Waals surface area contributed by atoms with E-state index in [9.17, 15) is 20.1 Å². The summed E-state index contributed by atoms with van der Waals surface area (Å²) in [5.74, 6) is -0.404. The molecule has 0 radical (unpaired) electrons. The lowest BCUT2D eigenvalue weighted by Gasteiger charge is -2.20. The van der Waals surface area contributed by atoms with E-state index in [4.69, 9.17) is 0 Å². The lowest BCUT2D eigenvalue weighted by Crippen LogP contribution is -2.45. The van der Waals surface area contributed by atoms with Crippen molar-refractivity contribution in [3.05, 3.63) is 60.8 Å². The van der Waals surface area contributed by atoms with Crippen LogP contribution in [0.15, 0.2) is 60.8 Å². The molecule has 0 saturated carbocycles. The molecule has 3 unspecified atom stereocenters. The summed E-state index contributed by atoms with van der Waals surface area (Å²) in [6.07, 6.45) is 35.0. The van der Waals surface area contributed by atoms with Crippen LogP contribution in [-0.4, -0.2) is 46.1 Å². The van der Waals surface area contributed by atoms with Gasteiger partial charge in [-0.15, -0.1) is 0 Å². The van der Waals surface area contributed by atoms with Crippen molar-refractivity contribution in [1.82, 2.24) is 5.32 Å². The van der Waals surface area contributed by atoms with Gasteiger partial charge in [-0.05, 0) is 51.4 Å². The van der Waals surface area contributed by atoms with E-state index in [0.29, 0.717) is 0 Å². The van der Waals surface area contributed by atoms with Gasteiger partial charge < -0.3 is 20.6 Å². The molecule has 4 N–H and O–H groups in total. The SMILES string of the molecule is CCCC/C=C/CC/C=C/CC/C=C/C(O)C(CO)NC(=O)CC(O)/C=C\C/C=C\CCCCCCCC. The fourth-order valence-electron chi connectivity index (χ4n) is 3.88. The van der Waals surface area contributed by atoms with Gasteiger partial charge in [0.15, 0.2) is 0 Å². The van der Waals surface area contributed by atoms with Crippen molar-refractivity contribution in [2.75, 3.05) is 6.61 Å². The van der Waals surface area contributed by atoms with Crippen LogP contribution in [0.1, 0.15) is 117 Å². The second kappa shape index (κ2) is 28.1. The predicted molar refractivity (Wildman–Crippen MR) is 162 cm³/mol. The molecule has 0 aromatic rings. The van der Waals surface area contributed by atoms with E-state index in [1.807, 2.05) is 12.2 Å². The van der Waals surface area contributed by atoms with Gasteiger partial charge in [0, 0.05) is 0 Å². The smallest absolute Gasteiger partial charge is 0.223 e. The first kappa shape index (κ1) is 36.0. The molecule has 218 valence electrons.